The van der Waals surface area contributed by atoms with E-state index in [9.17, 15) is 14.7 Å². The van der Waals surface area contributed by atoms with Gasteiger partial charge in [0.15, 0.2) is 5.82 Å². The molecule has 1 fully saturated rings. The molecule has 1 aromatic heterocycles. The first-order valence-corrected chi connectivity index (χ1v) is 9.86. The SMILES string of the molecule is COc1cc(C(=O)O)ccc1Nc1ncc2c(n1)N(C(C)C)CC1(CC1)C(=O)N2C. The molecular weight excluding hydrogens is 386 g/mol. The quantitative estimate of drug-likeness (QED) is 0.773. The average Bonchev–Trinajstić information content (AvgIpc) is 3.52. The number of ether oxygens (including phenoxy) is 1. The number of rotatable bonds is 5. The first-order valence-electron chi connectivity index (χ1n) is 9.86. The molecule has 9 nitrogen and oxygen atoms in total. The van der Waals surface area contributed by atoms with E-state index in [0.29, 0.717) is 35.4 Å². The molecular formula is C21H25N5O4. The summed E-state index contributed by atoms with van der Waals surface area (Å²) in [5.41, 5.74) is 1.02. The molecule has 9 heteroatoms. The Labute approximate surface area is 174 Å². The maximum atomic E-state index is 13.0. The van der Waals surface area contributed by atoms with E-state index in [2.05, 4.69) is 29.0 Å². The molecule has 0 radical (unpaired) electrons. The number of hydrogen-bond donors (Lipinski definition) is 2. The number of fused-ring (bicyclic) bond motifs is 1. The third-order valence-corrected chi connectivity index (χ3v) is 5.79. The van der Waals surface area contributed by atoms with E-state index in [4.69, 9.17) is 9.72 Å². The number of methoxy groups -OCH3 is 1. The zero-order valence-electron chi connectivity index (χ0n) is 17.5. The fourth-order valence-corrected chi connectivity index (χ4v) is 3.81. The van der Waals surface area contributed by atoms with Crippen LogP contribution in [0.1, 0.15) is 37.0 Å². The normalized spacial score (nSPS) is 17.0. The van der Waals surface area contributed by atoms with E-state index in [-0.39, 0.29) is 22.9 Å². The Morgan fingerprint density at radius 3 is 2.67 bits per heavy atom. The maximum absolute atomic E-state index is 13.0. The number of carbonyl (C=O) groups is 2. The van der Waals surface area contributed by atoms with Crippen LogP contribution in [0.15, 0.2) is 24.4 Å². The summed E-state index contributed by atoms with van der Waals surface area (Å²) in [6.45, 7) is 4.80. The molecule has 158 valence electrons. The van der Waals surface area contributed by atoms with Crippen molar-refractivity contribution in [2.75, 3.05) is 35.8 Å². The Bertz CT molecular complexity index is 1020. The lowest BCUT2D eigenvalue weighted by molar-refractivity contribution is -0.122. The van der Waals surface area contributed by atoms with Gasteiger partial charge in [-0.3, -0.25) is 4.79 Å². The van der Waals surface area contributed by atoms with Crippen molar-refractivity contribution in [3.63, 3.8) is 0 Å². The van der Waals surface area contributed by atoms with Crippen molar-refractivity contribution in [1.82, 2.24) is 9.97 Å². The standard InChI is InChI=1S/C21H25N5O4/c1-12(2)26-11-21(7-8-21)19(29)25(3)15-10-22-20(24-17(15)26)23-14-6-5-13(18(27)28)9-16(14)30-4/h5-6,9-10,12H,7-8,11H2,1-4H3,(H,27,28)(H,22,23,24). The lowest BCUT2D eigenvalue weighted by atomic mass is 10.1. The highest BCUT2D eigenvalue weighted by molar-refractivity contribution is 6.02. The largest absolute Gasteiger partial charge is 0.495 e. The zero-order chi connectivity index (χ0) is 21.6. The number of carbonyl (C=O) groups excluding carboxylic acids is 1. The number of benzene rings is 1. The molecule has 0 atom stereocenters. The van der Waals surface area contributed by atoms with Gasteiger partial charge in [-0.2, -0.15) is 4.98 Å². The van der Waals surface area contributed by atoms with Crippen LogP contribution in [0.3, 0.4) is 0 Å². The summed E-state index contributed by atoms with van der Waals surface area (Å²) in [6, 6.07) is 4.71. The molecule has 0 unspecified atom stereocenters. The van der Waals surface area contributed by atoms with Gasteiger partial charge in [0.05, 0.1) is 30.0 Å². The Hall–Kier alpha value is -3.36. The molecule has 1 amide bonds. The van der Waals surface area contributed by atoms with E-state index >= 15 is 0 Å². The number of carboxylic acid groups (broad SMARTS) is 1. The van der Waals surface area contributed by atoms with Gasteiger partial charge in [0.1, 0.15) is 11.4 Å². The third kappa shape index (κ3) is 3.30. The van der Waals surface area contributed by atoms with Crippen LogP contribution in [0.2, 0.25) is 0 Å². The summed E-state index contributed by atoms with van der Waals surface area (Å²) < 4.78 is 5.32. The minimum atomic E-state index is -1.03. The maximum Gasteiger partial charge on any atom is 0.335 e. The summed E-state index contributed by atoms with van der Waals surface area (Å²) in [6.07, 6.45) is 3.43. The van der Waals surface area contributed by atoms with E-state index in [1.807, 2.05) is 0 Å². The lowest BCUT2D eigenvalue weighted by Crippen LogP contribution is -2.40. The summed E-state index contributed by atoms with van der Waals surface area (Å²) in [4.78, 5) is 37.1. The fourth-order valence-electron chi connectivity index (χ4n) is 3.81. The van der Waals surface area contributed by atoms with Gasteiger partial charge >= 0.3 is 5.97 Å². The molecule has 1 aliphatic heterocycles. The summed E-state index contributed by atoms with van der Waals surface area (Å²) in [5.74, 6) is 0.493. The van der Waals surface area contributed by atoms with E-state index in [1.54, 1.807) is 24.2 Å². The molecule has 2 aromatic rings. The van der Waals surface area contributed by atoms with Crippen LogP contribution in [-0.4, -0.2) is 53.7 Å². The second kappa shape index (κ2) is 7.16. The van der Waals surface area contributed by atoms with E-state index < -0.39 is 5.97 Å². The number of amides is 1. The van der Waals surface area contributed by atoms with Crippen molar-refractivity contribution >= 4 is 35.0 Å². The molecule has 1 spiro atoms. The van der Waals surface area contributed by atoms with Crippen molar-refractivity contribution in [1.29, 1.82) is 0 Å². The van der Waals surface area contributed by atoms with Gasteiger partial charge in [-0.1, -0.05) is 0 Å². The van der Waals surface area contributed by atoms with Crippen molar-refractivity contribution in [3.8, 4) is 5.75 Å². The highest BCUT2D eigenvalue weighted by Gasteiger charge is 2.54. The van der Waals surface area contributed by atoms with Crippen LogP contribution in [0.4, 0.5) is 23.1 Å². The van der Waals surface area contributed by atoms with Crippen LogP contribution < -0.4 is 19.9 Å². The predicted octanol–water partition coefficient (Wildman–Crippen LogP) is 2.90. The predicted molar refractivity (Wildman–Crippen MR) is 113 cm³/mol. The molecule has 2 aliphatic rings. The molecule has 2 heterocycles. The van der Waals surface area contributed by atoms with Crippen molar-refractivity contribution < 1.29 is 19.4 Å². The number of hydrogen-bond acceptors (Lipinski definition) is 7. The van der Waals surface area contributed by atoms with Gasteiger partial charge in [-0.25, -0.2) is 9.78 Å². The smallest absolute Gasteiger partial charge is 0.335 e. The molecule has 1 saturated carbocycles. The third-order valence-electron chi connectivity index (χ3n) is 5.79. The number of aromatic carboxylic acids is 1. The Kier molecular flexibility index (Phi) is 4.76. The second-order valence-corrected chi connectivity index (χ2v) is 8.11. The topological polar surface area (TPSA) is 108 Å². The number of carboxylic acids is 1. The van der Waals surface area contributed by atoms with Gasteiger partial charge in [0.2, 0.25) is 11.9 Å². The highest BCUT2D eigenvalue weighted by atomic mass is 16.5. The monoisotopic (exact) mass is 411 g/mol. The lowest BCUT2D eigenvalue weighted by Gasteiger charge is -2.29. The summed E-state index contributed by atoms with van der Waals surface area (Å²) >= 11 is 0. The van der Waals surface area contributed by atoms with Crippen molar-refractivity contribution in [3.05, 3.63) is 30.0 Å². The van der Waals surface area contributed by atoms with Crippen molar-refractivity contribution in [2.24, 2.45) is 5.41 Å². The average molecular weight is 411 g/mol. The fraction of sp³-hybridized carbons (Fsp3) is 0.429. The van der Waals surface area contributed by atoms with Gasteiger partial charge in [-0.15, -0.1) is 0 Å². The van der Waals surface area contributed by atoms with Crippen LogP contribution >= 0.6 is 0 Å². The minimum absolute atomic E-state index is 0.113. The number of anilines is 4. The first-order chi connectivity index (χ1) is 14.3. The Morgan fingerprint density at radius 2 is 2.07 bits per heavy atom. The van der Waals surface area contributed by atoms with Crippen LogP contribution in [0.25, 0.3) is 0 Å². The van der Waals surface area contributed by atoms with Gasteiger partial charge in [0.25, 0.3) is 0 Å². The van der Waals surface area contributed by atoms with Crippen molar-refractivity contribution in [2.45, 2.75) is 32.7 Å². The summed E-state index contributed by atoms with van der Waals surface area (Å²) in [7, 11) is 3.25. The highest BCUT2D eigenvalue weighted by Crippen LogP contribution is 2.51. The van der Waals surface area contributed by atoms with Gasteiger partial charge in [-0.05, 0) is 44.9 Å². The molecule has 0 saturated heterocycles. The molecule has 2 N–H and O–H groups in total. The van der Waals surface area contributed by atoms with Gasteiger partial charge in [0, 0.05) is 19.6 Å². The van der Waals surface area contributed by atoms with Gasteiger partial charge < -0.3 is 25.0 Å². The Morgan fingerprint density at radius 1 is 1.33 bits per heavy atom. The number of aromatic nitrogens is 2. The molecule has 4 rings (SSSR count). The minimum Gasteiger partial charge on any atom is -0.495 e. The van der Waals surface area contributed by atoms with E-state index in [1.165, 1.54) is 19.2 Å². The second-order valence-electron chi connectivity index (χ2n) is 8.11. The van der Waals surface area contributed by atoms with Crippen LogP contribution in [0.5, 0.6) is 5.75 Å². The molecule has 1 aliphatic carbocycles. The Balaban J connectivity index is 1.72. The number of nitrogens with one attached hydrogen (secondary N) is 1. The number of nitrogens with zero attached hydrogens (tertiary/aromatic N) is 4. The molecule has 1 aromatic carbocycles. The molecule has 0 bridgehead atoms. The first kappa shape index (κ1) is 19.9. The van der Waals surface area contributed by atoms with Crippen LogP contribution in [-0.2, 0) is 4.79 Å². The van der Waals surface area contributed by atoms with Crippen LogP contribution in [0, 0.1) is 5.41 Å². The zero-order valence-corrected chi connectivity index (χ0v) is 17.5. The van der Waals surface area contributed by atoms with E-state index in [0.717, 1.165) is 12.8 Å². The molecule has 30 heavy (non-hydrogen) atoms. The summed E-state index contributed by atoms with van der Waals surface area (Å²) in [5, 5.41) is 12.3.